The summed E-state index contributed by atoms with van der Waals surface area (Å²) in [5.74, 6) is -0.969. The van der Waals surface area contributed by atoms with Crippen molar-refractivity contribution >= 4 is 17.8 Å². The van der Waals surface area contributed by atoms with Gasteiger partial charge in [-0.15, -0.1) is 0 Å². The summed E-state index contributed by atoms with van der Waals surface area (Å²) in [6.45, 7) is 4.88. The van der Waals surface area contributed by atoms with Gasteiger partial charge in [-0.1, -0.05) is 32.4 Å². The number of fused-ring (bicyclic) bond motifs is 1. The van der Waals surface area contributed by atoms with Crippen LogP contribution in [0.5, 0.6) is 0 Å². The predicted molar refractivity (Wildman–Crippen MR) is 82.7 cm³/mol. The maximum Gasteiger partial charge on any atom is 0.319 e. The van der Waals surface area contributed by atoms with Crippen LogP contribution in [0.3, 0.4) is 0 Å². The van der Waals surface area contributed by atoms with Crippen LogP contribution < -0.4 is 5.32 Å². The maximum atomic E-state index is 12.0. The number of methoxy groups -OCH3 is 1. The van der Waals surface area contributed by atoms with Crippen LogP contribution in [0.4, 0.5) is 0 Å². The molecular formula is C16H22N2O4. The SMILES string of the molecule is CCC.COC(=O)CNCCN1C(=O)c2ccccc2C1=O. The third kappa shape index (κ3) is 4.39. The summed E-state index contributed by atoms with van der Waals surface area (Å²) in [5, 5.41) is 2.81. The standard InChI is InChI=1S/C13H14N2O4.C3H8/c1-19-11(16)8-14-6-7-15-12(17)9-4-2-3-5-10(9)13(15)18;1-3-2/h2-5,14H,6-8H2,1H3;3H2,1-2H3. The molecule has 0 aliphatic carbocycles. The normalized spacial score (nSPS) is 12.6. The summed E-state index contributed by atoms with van der Waals surface area (Å²) >= 11 is 0. The molecule has 6 heteroatoms. The summed E-state index contributed by atoms with van der Waals surface area (Å²) in [5.41, 5.74) is 0.862. The fourth-order valence-electron chi connectivity index (χ4n) is 1.90. The summed E-state index contributed by atoms with van der Waals surface area (Å²) in [4.78, 5) is 36.0. The fraction of sp³-hybridized carbons (Fsp3) is 0.438. The molecule has 0 bridgehead atoms. The lowest BCUT2D eigenvalue weighted by molar-refractivity contribution is -0.139. The molecule has 0 spiro atoms. The van der Waals surface area contributed by atoms with E-state index in [4.69, 9.17) is 0 Å². The first-order chi connectivity index (χ1) is 10.6. The first kappa shape index (κ1) is 17.8. The lowest BCUT2D eigenvalue weighted by Crippen LogP contribution is -2.37. The molecule has 1 aliphatic heterocycles. The van der Waals surface area contributed by atoms with Gasteiger partial charge in [-0.05, 0) is 12.1 Å². The highest BCUT2D eigenvalue weighted by Crippen LogP contribution is 2.21. The topological polar surface area (TPSA) is 75.7 Å². The highest BCUT2D eigenvalue weighted by molar-refractivity contribution is 6.21. The van der Waals surface area contributed by atoms with E-state index in [1.165, 1.54) is 18.4 Å². The molecule has 0 saturated heterocycles. The van der Waals surface area contributed by atoms with Gasteiger partial charge in [0.2, 0.25) is 0 Å². The van der Waals surface area contributed by atoms with Gasteiger partial charge < -0.3 is 10.1 Å². The van der Waals surface area contributed by atoms with E-state index in [1.54, 1.807) is 24.3 Å². The Kier molecular flexibility index (Phi) is 7.25. The van der Waals surface area contributed by atoms with E-state index in [1.807, 2.05) is 0 Å². The van der Waals surface area contributed by atoms with E-state index >= 15 is 0 Å². The number of carbonyl (C=O) groups is 3. The van der Waals surface area contributed by atoms with Crippen molar-refractivity contribution in [3.8, 4) is 0 Å². The molecule has 0 fully saturated rings. The van der Waals surface area contributed by atoms with Gasteiger partial charge in [-0.25, -0.2) is 0 Å². The van der Waals surface area contributed by atoms with Gasteiger partial charge in [-0.3, -0.25) is 19.3 Å². The number of nitrogens with one attached hydrogen (secondary N) is 1. The van der Waals surface area contributed by atoms with Crippen molar-refractivity contribution < 1.29 is 19.1 Å². The predicted octanol–water partition coefficient (Wildman–Crippen LogP) is 1.46. The first-order valence-corrected chi connectivity index (χ1v) is 7.29. The van der Waals surface area contributed by atoms with E-state index in [0.717, 1.165) is 0 Å². The summed E-state index contributed by atoms with van der Waals surface area (Å²) < 4.78 is 4.47. The van der Waals surface area contributed by atoms with Crippen molar-refractivity contribution in [3.63, 3.8) is 0 Å². The lowest BCUT2D eigenvalue weighted by atomic mass is 10.1. The van der Waals surface area contributed by atoms with Crippen LogP contribution in [0.25, 0.3) is 0 Å². The van der Waals surface area contributed by atoms with Crippen LogP contribution in [0.2, 0.25) is 0 Å². The second-order valence-electron chi connectivity index (χ2n) is 4.77. The van der Waals surface area contributed by atoms with Crippen LogP contribution in [0.15, 0.2) is 24.3 Å². The van der Waals surface area contributed by atoms with Gasteiger partial charge in [0.1, 0.15) is 0 Å². The second-order valence-corrected chi connectivity index (χ2v) is 4.77. The monoisotopic (exact) mass is 306 g/mol. The number of ether oxygens (including phenoxy) is 1. The molecule has 2 amide bonds. The first-order valence-electron chi connectivity index (χ1n) is 7.29. The Morgan fingerprint density at radius 3 is 2.09 bits per heavy atom. The molecule has 1 aromatic carbocycles. The highest BCUT2D eigenvalue weighted by atomic mass is 16.5. The van der Waals surface area contributed by atoms with Gasteiger partial charge in [0.05, 0.1) is 24.8 Å². The third-order valence-corrected chi connectivity index (χ3v) is 2.89. The molecule has 1 aromatic rings. The number of amides is 2. The number of imide groups is 1. The van der Waals surface area contributed by atoms with Gasteiger partial charge >= 0.3 is 5.97 Å². The second kappa shape index (κ2) is 8.94. The number of rotatable bonds is 5. The Balaban J connectivity index is 0.000000745. The van der Waals surface area contributed by atoms with Crippen molar-refractivity contribution in [3.05, 3.63) is 35.4 Å². The molecule has 0 atom stereocenters. The Labute approximate surface area is 130 Å². The van der Waals surface area contributed by atoms with Crippen molar-refractivity contribution in [2.45, 2.75) is 20.3 Å². The molecular weight excluding hydrogens is 284 g/mol. The molecule has 2 rings (SSSR count). The molecule has 0 aromatic heterocycles. The fourth-order valence-corrected chi connectivity index (χ4v) is 1.90. The maximum absolute atomic E-state index is 12.0. The smallest absolute Gasteiger partial charge is 0.319 e. The van der Waals surface area contributed by atoms with Crippen molar-refractivity contribution in [1.29, 1.82) is 0 Å². The number of esters is 1. The highest BCUT2D eigenvalue weighted by Gasteiger charge is 2.34. The third-order valence-electron chi connectivity index (χ3n) is 2.89. The van der Waals surface area contributed by atoms with Gasteiger partial charge in [0, 0.05) is 13.1 Å². The number of hydrogen-bond acceptors (Lipinski definition) is 5. The zero-order valence-corrected chi connectivity index (χ0v) is 13.2. The largest absolute Gasteiger partial charge is 0.468 e. The van der Waals surface area contributed by atoms with Crippen LogP contribution >= 0.6 is 0 Å². The molecule has 0 saturated carbocycles. The minimum atomic E-state index is -0.387. The molecule has 120 valence electrons. The van der Waals surface area contributed by atoms with Crippen molar-refractivity contribution in [2.24, 2.45) is 0 Å². The van der Waals surface area contributed by atoms with Gasteiger partial charge in [0.15, 0.2) is 0 Å². The number of benzene rings is 1. The van der Waals surface area contributed by atoms with Gasteiger partial charge in [-0.2, -0.15) is 0 Å². The molecule has 1 aliphatic rings. The molecule has 6 nitrogen and oxygen atoms in total. The minimum Gasteiger partial charge on any atom is -0.468 e. The number of carbonyl (C=O) groups excluding carboxylic acids is 3. The summed E-state index contributed by atoms with van der Waals surface area (Å²) in [7, 11) is 1.30. The zero-order valence-electron chi connectivity index (χ0n) is 13.2. The van der Waals surface area contributed by atoms with Crippen LogP contribution in [0, 0.1) is 0 Å². The minimum absolute atomic E-state index is 0.0552. The molecule has 1 N–H and O–H groups in total. The number of hydrogen-bond donors (Lipinski definition) is 1. The van der Waals surface area contributed by atoms with Gasteiger partial charge in [0.25, 0.3) is 11.8 Å². The van der Waals surface area contributed by atoms with Crippen LogP contribution in [-0.2, 0) is 9.53 Å². The number of nitrogens with zero attached hydrogens (tertiary/aromatic N) is 1. The van der Waals surface area contributed by atoms with E-state index in [-0.39, 0.29) is 30.9 Å². The lowest BCUT2D eigenvalue weighted by Gasteiger charge is -2.13. The Hall–Kier alpha value is -2.21. The molecule has 22 heavy (non-hydrogen) atoms. The van der Waals surface area contributed by atoms with E-state index in [0.29, 0.717) is 17.7 Å². The Bertz CT molecular complexity index is 508. The van der Waals surface area contributed by atoms with Crippen LogP contribution in [0.1, 0.15) is 41.0 Å². The summed E-state index contributed by atoms with van der Waals surface area (Å²) in [6, 6.07) is 6.72. The quantitative estimate of drug-likeness (QED) is 0.506. The zero-order chi connectivity index (χ0) is 16.5. The summed E-state index contributed by atoms with van der Waals surface area (Å²) in [6.07, 6.45) is 1.25. The molecule has 0 radical (unpaired) electrons. The van der Waals surface area contributed by atoms with Crippen molar-refractivity contribution in [2.75, 3.05) is 26.7 Å². The average Bonchev–Trinajstić information content (AvgIpc) is 2.77. The Morgan fingerprint density at radius 2 is 1.64 bits per heavy atom. The van der Waals surface area contributed by atoms with Crippen LogP contribution in [-0.4, -0.2) is 49.4 Å². The van der Waals surface area contributed by atoms with E-state index < -0.39 is 0 Å². The van der Waals surface area contributed by atoms with Crippen molar-refractivity contribution in [1.82, 2.24) is 10.2 Å². The molecule has 0 unspecified atom stereocenters. The van der Waals surface area contributed by atoms with E-state index in [2.05, 4.69) is 23.9 Å². The Morgan fingerprint density at radius 1 is 1.14 bits per heavy atom. The van der Waals surface area contributed by atoms with E-state index in [9.17, 15) is 14.4 Å². The average molecular weight is 306 g/mol. The molecule has 1 heterocycles.